The number of halogens is 1. The first kappa shape index (κ1) is 25.1. The first-order chi connectivity index (χ1) is 16.9. The average molecular weight is 559 g/mol. The molecule has 2 N–H and O–H groups in total. The standard InChI is InChI=1S/C25H28BrN5O3S/c1-6-34-22-18(26)12-16(13-19(22)33-5)21-20(23(32)28-17-10-8-9-14(3)11-17)15(4)27-24-29-25(35-7-2)30-31(21)24/h8-13,21H,6-7H2,1-5H3,(H,28,32)(H,27,29,30). The molecule has 4 rings (SSSR count). The number of methoxy groups -OCH3 is 1. The van der Waals surface area contributed by atoms with Gasteiger partial charge in [-0.05, 0) is 77.8 Å². The van der Waals surface area contributed by atoms with Crippen LogP contribution in [0.25, 0.3) is 0 Å². The molecule has 0 saturated heterocycles. The molecule has 0 bridgehead atoms. The van der Waals surface area contributed by atoms with E-state index in [2.05, 4.69) is 31.5 Å². The van der Waals surface area contributed by atoms with Crippen molar-refractivity contribution in [2.45, 2.75) is 38.9 Å². The number of nitrogens with one attached hydrogen (secondary N) is 2. The zero-order valence-electron chi connectivity index (χ0n) is 20.3. The minimum absolute atomic E-state index is 0.222. The Hall–Kier alpha value is -2.98. The van der Waals surface area contributed by atoms with Gasteiger partial charge in [0.2, 0.25) is 11.1 Å². The van der Waals surface area contributed by atoms with Crippen LogP contribution in [0.3, 0.4) is 0 Å². The number of nitrogens with zero attached hydrogens (tertiary/aromatic N) is 3. The highest BCUT2D eigenvalue weighted by molar-refractivity contribution is 9.10. The number of thioether (sulfide) groups is 1. The molecule has 0 radical (unpaired) electrons. The van der Waals surface area contributed by atoms with E-state index in [1.807, 2.05) is 64.1 Å². The second-order valence-corrected chi connectivity index (χ2v) is 10.0. The number of amides is 1. The summed E-state index contributed by atoms with van der Waals surface area (Å²) in [4.78, 5) is 18.3. The van der Waals surface area contributed by atoms with Crippen molar-refractivity contribution in [2.24, 2.45) is 0 Å². The molecule has 8 nitrogen and oxygen atoms in total. The van der Waals surface area contributed by atoms with Gasteiger partial charge in [-0.3, -0.25) is 4.79 Å². The van der Waals surface area contributed by atoms with Crippen molar-refractivity contribution < 1.29 is 14.3 Å². The number of carbonyl (C=O) groups is 1. The third-order valence-corrected chi connectivity index (χ3v) is 6.79. The second-order valence-electron chi connectivity index (χ2n) is 7.95. The van der Waals surface area contributed by atoms with Gasteiger partial charge in [0.15, 0.2) is 11.5 Å². The molecule has 2 aromatic carbocycles. The number of benzene rings is 2. The predicted octanol–water partition coefficient (Wildman–Crippen LogP) is 5.80. The summed E-state index contributed by atoms with van der Waals surface area (Å²) in [6, 6.07) is 11.0. The van der Waals surface area contributed by atoms with Gasteiger partial charge in [0.05, 0.1) is 23.8 Å². The fourth-order valence-electron chi connectivity index (χ4n) is 4.03. The molecule has 0 fully saturated rings. The second kappa shape index (κ2) is 10.7. The number of anilines is 2. The van der Waals surface area contributed by atoms with Crippen LogP contribution < -0.4 is 20.1 Å². The molecular formula is C25H28BrN5O3S. The van der Waals surface area contributed by atoms with Crippen molar-refractivity contribution in [1.82, 2.24) is 14.8 Å². The van der Waals surface area contributed by atoms with E-state index in [1.54, 1.807) is 23.6 Å². The fraction of sp³-hybridized carbons (Fsp3) is 0.320. The van der Waals surface area contributed by atoms with Crippen LogP contribution in [0.4, 0.5) is 11.6 Å². The molecule has 1 aliphatic heterocycles. The number of rotatable bonds is 8. The normalized spacial score (nSPS) is 14.9. The lowest BCUT2D eigenvalue weighted by atomic mass is 9.94. The number of ether oxygens (including phenoxy) is 2. The maximum atomic E-state index is 13.7. The smallest absolute Gasteiger partial charge is 0.255 e. The van der Waals surface area contributed by atoms with Gasteiger partial charge in [0.1, 0.15) is 6.04 Å². The number of aromatic nitrogens is 3. The van der Waals surface area contributed by atoms with Crippen LogP contribution in [-0.2, 0) is 4.79 Å². The molecule has 1 unspecified atom stereocenters. The van der Waals surface area contributed by atoms with Crippen LogP contribution in [0, 0.1) is 6.92 Å². The van der Waals surface area contributed by atoms with Gasteiger partial charge in [-0.2, -0.15) is 4.98 Å². The Morgan fingerprint density at radius 3 is 2.74 bits per heavy atom. The van der Waals surface area contributed by atoms with Gasteiger partial charge in [0, 0.05) is 11.4 Å². The molecule has 3 aromatic rings. The minimum atomic E-state index is -0.532. The highest BCUT2D eigenvalue weighted by Crippen LogP contribution is 2.43. The summed E-state index contributed by atoms with van der Waals surface area (Å²) in [5.41, 5.74) is 3.84. The number of aryl methyl sites for hydroxylation is 1. The third kappa shape index (κ3) is 5.18. The predicted molar refractivity (Wildman–Crippen MR) is 143 cm³/mol. The fourth-order valence-corrected chi connectivity index (χ4v) is 5.16. The lowest BCUT2D eigenvalue weighted by Crippen LogP contribution is -2.31. The summed E-state index contributed by atoms with van der Waals surface area (Å²) >= 11 is 5.17. The third-order valence-electron chi connectivity index (χ3n) is 5.48. The highest BCUT2D eigenvalue weighted by atomic mass is 79.9. The number of fused-ring (bicyclic) bond motifs is 1. The number of hydrogen-bond donors (Lipinski definition) is 2. The Balaban J connectivity index is 1.84. The molecule has 0 spiro atoms. The maximum Gasteiger partial charge on any atom is 0.255 e. The number of carbonyl (C=O) groups excluding carboxylic acids is 1. The number of allylic oxidation sites excluding steroid dienone is 1. The molecule has 1 aromatic heterocycles. The van der Waals surface area contributed by atoms with E-state index >= 15 is 0 Å². The van der Waals surface area contributed by atoms with Crippen LogP contribution in [-0.4, -0.2) is 40.1 Å². The summed E-state index contributed by atoms with van der Waals surface area (Å²) in [5, 5.41) is 11.7. The van der Waals surface area contributed by atoms with Crippen molar-refractivity contribution in [1.29, 1.82) is 0 Å². The quantitative estimate of drug-likeness (QED) is 0.338. The van der Waals surface area contributed by atoms with E-state index in [0.717, 1.165) is 27.0 Å². The molecule has 35 heavy (non-hydrogen) atoms. The van der Waals surface area contributed by atoms with E-state index in [9.17, 15) is 4.79 Å². The maximum absolute atomic E-state index is 13.7. The van der Waals surface area contributed by atoms with Crippen LogP contribution >= 0.6 is 27.7 Å². The monoisotopic (exact) mass is 557 g/mol. The lowest BCUT2D eigenvalue weighted by Gasteiger charge is -2.29. The van der Waals surface area contributed by atoms with Crippen LogP contribution in [0.15, 0.2) is 57.3 Å². The number of hydrogen-bond acceptors (Lipinski definition) is 7. The molecule has 0 aliphatic carbocycles. The van der Waals surface area contributed by atoms with Gasteiger partial charge >= 0.3 is 0 Å². The Morgan fingerprint density at radius 2 is 2.06 bits per heavy atom. The van der Waals surface area contributed by atoms with E-state index in [1.165, 1.54) is 0 Å². The van der Waals surface area contributed by atoms with Crippen molar-refractivity contribution in [3.8, 4) is 11.5 Å². The summed E-state index contributed by atoms with van der Waals surface area (Å²) in [7, 11) is 1.60. The molecule has 1 amide bonds. The largest absolute Gasteiger partial charge is 0.493 e. The van der Waals surface area contributed by atoms with Gasteiger partial charge in [-0.15, -0.1) is 5.10 Å². The van der Waals surface area contributed by atoms with Crippen LogP contribution in [0.1, 0.15) is 37.9 Å². The first-order valence-corrected chi connectivity index (χ1v) is 13.1. The van der Waals surface area contributed by atoms with E-state index < -0.39 is 6.04 Å². The Bertz CT molecular complexity index is 1290. The molecular weight excluding hydrogens is 530 g/mol. The average Bonchev–Trinajstić information content (AvgIpc) is 3.21. The Kier molecular flexibility index (Phi) is 7.71. The Morgan fingerprint density at radius 1 is 1.26 bits per heavy atom. The van der Waals surface area contributed by atoms with Crippen molar-refractivity contribution >= 4 is 45.2 Å². The van der Waals surface area contributed by atoms with Gasteiger partial charge in [0.25, 0.3) is 5.91 Å². The zero-order chi connectivity index (χ0) is 25.1. The van der Waals surface area contributed by atoms with Crippen molar-refractivity contribution in [2.75, 3.05) is 30.1 Å². The van der Waals surface area contributed by atoms with Gasteiger partial charge in [-0.25, -0.2) is 4.68 Å². The molecule has 0 saturated carbocycles. The highest BCUT2D eigenvalue weighted by Gasteiger charge is 2.35. The summed E-state index contributed by atoms with van der Waals surface area (Å²) in [5.74, 6) is 2.37. The zero-order valence-corrected chi connectivity index (χ0v) is 22.7. The van der Waals surface area contributed by atoms with Crippen molar-refractivity contribution in [3.63, 3.8) is 0 Å². The SMILES string of the molecule is CCOc1c(Br)cc(C2C(C(=O)Nc3cccc(C)c3)=C(C)Nc3nc(SCC)nn32)cc1OC. The summed E-state index contributed by atoms with van der Waals surface area (Å²) in [6.45, 7) is 8.33. The topological polar surface area (TPSA) is 90.3 Å². The van der Waals surface area contributed by atoms with E-state index in [-0.39, 0.29) is 5.91 Å². The molecule has 2 heterocycles. The summed E-state index contributed by atoms with van der Waals surface area (Å²) in [6.07, 6.45) is 0. The van der Waals surface area contributed by atoms with Gasteiger partial charge in [-0.1, -0.05) is 30.8 Å². The lowest BCUT2D eigenvalue weighted by molar-refractivity contribution is -0.113. The minimum Gasteiger partial charge on any atom is -0.493 e. The molecule has 184 valence electrons. The van der Waals surface area contributed by atoms with E-state index in [4.69, 9.17) is 14.6 Å². The first-order valence-electron chi connectivity index (χ1n) is 11.3. The van der Waals surface area contributed by atoms with Gasteiger partial charge < -0.3 is 20.1 Å². The summed E-state index contributed by atoms with van der Waals surface area (Å²) < 4.78 is 13.9. The molecule has 10 heteroatoms. The van der Waals surface area contributed by atoms with Crippen LogP contribution in [0.5, 0.6) is 11.5 Å². The van der Waals surface area contributed by atoms with Crippen molar-refractivity contribution in [3.05, 3.63) is 63.3 Å². The Labute approximate surface area is 217 Å². The van der Waals surface area contributed by atoms with E-state index in [0.29, 0.717) is 40.5 Å². The van der Waals surface area contributed by atoms with Crippen LogP contribution in [0.2, 0.25) is 0 Å². The molecule has 1 atom stereocenters. The molecule has 1 aliphatic rings.